The van der Waals surface area contributed by atoms with Crippen LogP contribution in [0.15, 0.2) is 30.3 Å². The number of primary amides is 1. The van der Waals surface area contributed by atoms with E-state index in [1.165, 1.54) is 6.42 Å². The lowest BCUT2D eigenvalue weighted by atomic mass is 9.90. The van der Waals surface area contributed by atoms with Gasteiger partial charge < -0.3 is 11.1 Å². The minimum Gasteiger partial charge on any atom is -0.368 e. The van der Waals surface area contributed by atoms with E-state index in [4.69, 9.17) is 5.73 Å². The fourth-order valence-electron chi connectivity index (χ4n) is 3.30. The van der Waals surface area contributed by atoms with Crippen LogP contribution < -0.4 is 11.1 Å². The normalized spacial score (nSPS) is 23.7. The number of hydrogen-bond donors (Lipinski definition) is 2. The zero-order valence-corrected chi connectivity index (χ0v) is 13.4. The second-order valence-electron chi connectivity index (χ2n) is 6.62. The van der Waals surface area contributed by atoms with Gasteiger partial charge in [-0.3, -0.25) is 9.59 Å². The Morgan fingerprint density at radius 2 is 1.95 bits per heavy atom. The van der Waals surface area contributed by atoms with Crippen LogP contribution in [-0.2, 0) is 16.0 Å². The Morgan fingerprint density at radius 3 is 2.50 bits per heavy atom. The van der Waals surface area contributed by atoms with Gasteiger partial charge in [-0.05, 0) is 30.2 Å². The van der Waals surface area contributed by atoms with E-state index in [0.29, 0.717) is 18.3 Å². The SMILES string of the molecule is CC1CCC(C(C)C(=O)NC(Cc2ccccc2)C(N)=O)C1. The number of carbonyl (C=O) groups excluding carboxylic acids is 2. The quantitative estimate of drug-likeness (QED) is 0.846. The Balaban J connectivity index is 1.95. The molecule has 0 heterocycles. The van der Waals surface area contributed by atoms with Crippen LogP contribution in [0.1, 0.15) is 38.7 Å². The van der Waals surface area contributed by atoms with Crippen molar-refractivity contribution in [1.29, 1.82) is 0 Å². The zero-order valence-electron chi connectivity index (χ0n) is 13.4. The van der Waals surface area contributed by atoms with Crippen molar-refractivity contribution >= 4 is 11.8 Å². The van der Waals surface area contributed by atoms with Gasteiger partial charge >= 0.3 is 0 Å². The van der Waals surface area contributed by atoms with Crippen molar-refractivity contribution in [2.45, 2.75) is 45.6 Å². The van der Waals surface area contributed by atoms with Crippen molar-refractivity contribution in [2.24, 2.45) is 23.5 Å². The van der Waals surface area contributed by atoms with E-state index in [2.05, 4.69) is 12.2 Å². The van der Waals surface area contributed by atoms with Crippen LogP contribution in [-0.4, -0.2) is 17.9 Å². The maximum atomic E-state index is 12.4. The molecule has 120 valence electrons. The molecule has 0 spiro atoms. The number of amides is 2. The Kier molecular flexibility index (Phi) is 5.58. The molecule has 0 aromatic heterocycles. The van der Waals surface area contributed by atoms with Crippen LogP contribution in [0.2, 0.25) is 0 Å². The van der Waals surface area contributed by atoms with Crippen LogP contribution in [0, 0.1) is 17.8 Å². The van der Waals surface area contributed by atoms with E-state index in [1.54, 1.807) is 0 Å². The second-order valence-corrected chi connectivity index (χ2v) is 6.62. The highest BCUT2D eigenvalue weighted by atomic mass is 16.2. The van der Waals surface area contributed by atoms with Gasteiger partial charge in [0.05, 0.1) is 0 Å². The molecule has 1 fully saturated rings. The average molecular weight is 302 g/mol. The number of carbonyl (C=O) groups is 2. The average Bonchev–Trinajstić information content (AvgIpc) is 2.93. The minimum atomic E-state index is -0.642. The van der Waals surface area contributed by atoms with Crippen LogP contribution >= 0.6 is 0 Å². The molecular formula is C18H26N2O2. The number of nitrogens with one attached hydrogen (secondary N) is 1. The highest BCUT2D eigenvalue weighted by molar-refractivity contribution is 5.87. The molecule has 4 heteroatoms. The first-order valence-electron chi connectivity index (χ1n) is 8.11. The Morgan fingerprint density at radius 1 is 1.27 bits per heavy atom. The summed E-state index contributed by atoms with van der Waals surface area (Å²) in [6.45, 7) is 4.19. The summed E-state index contributed by atoms with van der Waals surface area (Å²) in [4.78, 5) is 24.1. The van der Waals surface area contributed by atoms with Gasteiger partial charge in [0.1, 0.15) is 6.04 Å². The molecule has 2 amide bonds. The van der Waals surface area contributed by atoms with Crippen molar-refractivity contribution in [3.8, 4) is 0 Å². The molecule has 2 rings (SSSR count). The van der Waals surface area contributed by atoms with Gasteiger partial charge in [-0.1, -0.05) is 50.6 Å². The van der Waals surface area contributed by atoms with Crippen molar-refractivity contribution in [3.05, 3.63) is 35.9 Å². The van der Waals surface area contributed by atoms with Crippen molar-refractivity contribution < 1.29 is 9.59 Å². The van der Waals surface area contributed by atoms with Crippen LogP contribution in [0.25, 0.3) is 0 Å². The summed E-state index contributed by atoms with van der Waals surface area (Å²) in [5, 5.41) is 2.84. The maximum Gasteiger partial charge on any atom is 0.240 e. The summed E-state index contributed by atoms with van der Waals surface area (Å²) in [5.74, 6) is 0.502. The number of rotatable bonds is 6. The van der Waals surface area contributed by atoms with E-state index in [-0.39, 0.29) is 11.8 Å². The first kappa shape index (κ1) is 16.5. The molecule has 1 aliphatic carbocycles. The van der Waals surface area contributed by atoms with Crippen LogP contribution in [0.4, 0.5) is 0 Å². The highest BCUT2D eigenvalue weighted by Crippen LogP contribution is 2.35. The Bertz CT molecular complexity index is 515. The van der Waals surface area contributed by atoms with E-state index in [0.717, 1.165) is 18.4 Å². The molecule has 4 unspecified atom stereocenters. The first-order valence-corrected chi connectivity index (χ1v) is 8.11. The predicted octanol–water partition coefficient (Wildman–Crippen LogP) is 2.27. The lowest BCUT2D eigenvalue weighted by molar-refractivity contribution is -0.130. The topological polar surface area (TPSA) is 72.2 Å². The second kappa shape index (κ2) is 7.43. The summed E-state index contributed by atoms with van der Waals surface area (Å²) in [6.07, 6.45) is 3.81. The van der Waals surface area contributed by atoms with Gasteiger partial charge in [-0.2, -0.15) is 0 Å². The molecule has 0 saturated heterocycles. The third-order valence-electron chi connectivity index (χ3n) is 4.80. The molecule has 3 N–H and O–H groups in total. The van der Waals surface area contributed by atoms with Crippen molar-refractivity contribution in [2.75, 3.05) is 0 Å². The third kappa shape index (κ3) is 4.33. The van der Waals surface area contributed by atoms with Gasteiger partial charge in [-0.15, -0.1) is 0 Å². The molecule has 4 nitrogen and oxygen atoms in total. The largest absolute Gasteiger partial charge is 0.368 e. The monoisotopic (exact) mass is 302 g/mol. The smallest absolute Gasteiger partial charge is 0.240 e. The first-order chi connectivity index (χ1) is 10.5. The minimum absolute atomic E-state index is 0.0566. The molecule has 0 bridgehead atoms. The van der Waals surface area contributed by atoms with E-state index in [1.807, 2.05) is 37.3 Å². The molecule has 4 atom stereocenters. The summed E-state index contributed by atoms with van der Waals surface area (Å²) in [6, 6.07) is 8.98. The summed E-state index contributed by atoms with van der Waals surface area (Å²) < 4.78 is 0. The highest BCUT2D eigenvalue weighted by Gasteiger charge is 2.31. The summed E-state index contributed by atoms with van der Waals surface area (Å²) in [5.41, 5.74) is 6.45. The molecule has 1 saturated carbocycles. The molecule has 1 aliphatic rings. The molecule has 0 aliphatic heterocycles. The molecule has 0 radical (unpaired) electrons. The molecule has 1 aromatic rings. The summed E-state index contributed by atoms with van der Waals surface area (Å²) >= 11 is 0. The van der Waals surface area contributed by atoms with Crippen LogP contribution in [0.5, 0.6) is 0 Å². The van der Waals surface area contributed by atoms with Gasteiger partial charge in [-0.25, -0.2) is 0 Å². The maximum absolute atomic E-state index is 12.4. The standard InChI is InChI=1S/C18H26N2O2/c1-12-8-9-15(10-12)13(2)18(22)20-16(17(19)21)11-14-6-4-3-5-7-14/h3-7,12-13,15-16H,8-11H2,1-2H3,(H2,19,21)(H,20,22). The van der Waals surface area contributed by atoms with E-state index < -0.39 is 11.9 Å². The van der Waals surface area contributed by atoms with Gasteiger partial charge in [0.25, 0.3) is 0 Å². The summed E-state index contributed by atoms with van der Waals surface area (Å²) in [7, 11) is 0. The van der Waals surface area contributed by atoms with Gasteiger partial charge in [0.15, 0.2) is 0 Å². The van der Waals surface area contributed by atoms with E-state index >= 15 is 0 Å². The van der Waals surface area contributed by atoms with Gasteiger partial charge in [0.2, 0.25) is 11.8 Å². The lowest BCUT2D eigenvalue weighted by Crippen LogP contribution is -2.48. The fraction of sp³-hybridized carbons (Fsp3) is 0.556. The van der Waals surface area contributed by atoms with E-state index in [9.17, 15) is 9.59 Å². The van der Waals surface area contributed by atoms with Crippen molar-refractivity contribution in [3.63, 3.8) is 0 Å². The Hall–Kier alpha value is -1.84. The molecule has 22 heavy (non-hydrogen) atoms. The third-order valence-corrected chi connectivity index (χ3v) is 4.80. The fourth-order valence-corrected chi connectivity index (χ4v) is 3.30. The number of hydrogen-bond acceptors (Lipinski definition) is 2. The number of benzene rings is 1. The predicted molar refractivity (Wildman–Crippen MR) is 86.9 cm³/mol. The lowest BCUT2D eigenvalue weighted by Gasteiger charge is -2.22. The number of nitrogens with two attached hydrogens (primary N) is 1. The van der Waals surface area contributed by atoms with Gasteiger partial charge in [0, 0.05) is 12.3 Å². The van der Waals surface area contributed by atoms with Crippen LogP contribution in [0.3, 0.4) is 0 Å². The molecule has 1 aromatic carbocycles. The zero-order chi connectivity index (χ0) is 16.1. The Labute approximate surface area is 132 Å². The van der Waals surface area contributed by atoms with Crippen molar-refractivity contribution in [1.82, 2.24) is 5.32 Å². The molecular weight excluding hydrogens is 276 g/mol.